The van der Waals surface area contributed by atoms with Crippen LogP contribution in [0.3, 0.4) is 0 Å². The van der Waals surface area contributed by atoms with Crippen molar-refractivity contribution < 1.29 is 13.6 Å². The lowest BCUT2D eigenvalue weighted by molar-refractivity contribution is -0.122. The van der Waals surface area contributed by atoms with Gasteiger partial charge in [0.1, 0.15) is 11.6 Å². The van der Waals surface area contributed by atoms with Crippen molar-refractivity contribution in [2.75, 3.05) is 13.1 Å². The van der Waals surface area contributed by atoms with Gasteiger partial charge >= 0.3 is 0 Å². The molecule has 0 heterocycles. The Hall–Kier alpha value is -1.93. The van der Waals surface area contributed by atoms with Crippen LogP contribution in [0.15, 0.2) is 18.2 Å². The van der Waals surface area contributed by atoms with E-state index in [2.05, 4.69) is 16.6 Å². The first-order valence-electron chi connectivity index (χ1n) is 5.92. The zero-order chi connectivity index (χ0) is 14.3. The molecule has 19 heavy (non-hydrogen) atoms. The molecule has 5 heteroatoms. The zero-order valence-corrected chi connectivity index (χ0v) is 10.7. The lowest BCUT2D eigenvalue weighted by atomic mass is 10.1. The third-order valence-electron chi connectivity index (χ3n) is 2.54. The van der Waals surface area contributed by atoms with Crippen molar-refractivity contribution in [1.29, 1.82) is 0 Å². The minimum absolute atomic E-state index is 0.181. The van der Waals surface area contributed by atoms with E-state index in [1.807, 2.05) is 0 Å². The van der Waals surface area contributed by atoms with Gasteiger partial charge in [0, 0.05) is 6.07 Å². The molecule has 3 nitrogen and oxygen atoms in total. The van der Waals surface area contributed by atoms with Gasteiger partial charge in [0.15, 0.2) is 0 Å². The van der Waals surface area contributed by atoms with E-state index in [1.54, 1.807) is 6.92 Å². The standard InChI is InChI=1S/C14H16F2N2O/c1-3-5-18-14(19)10(2)17-6-4-11-7-12(15)9-13(16)8-11/h1,7-10,17H,4-6H2,2H3,(H,18,19). The fraction of sp³-hybridized carbons (Fsp3) is 0.357. The fourth-order valence-electron chi connectivity index (χ4n) is 1.57. The number of amides is 1. The van der Waals surface area contributed by atoms with E-state index in [-0.39, 0.29) is 12.5 Å². The monoisotopic (exact) mass is 266 g/mol. The van der Waals surface area contributed by atoms with Crippen LogP contribution in [0.4, 0.5) is 8.78 Å². The summed E-state index contributed by atoms with van der Waals surface area (Å²) < 4.78 is 25.9. The lowest BCUT2D eigenvalue weighted by Crippen LogP contribution is -2.42. The number of carbonyl (C=O) groups excluding carboxylic acids is 1. The van der Waals surface area contributed by atoms with Gasteiger partial charge in [-0.25, -0.2) is 8.78 Å². The van der Waals surface area contributed by atoms with Gasteiger partial charge in [-0.3, -0.25) is 4.79 Å². The summed E-state index contributed by atoms with van der Waals surface area (Å²) in [5.41, 5.74) is 0.543. The Kier molecular flexibility index (Phi) is 5.97. The first kappa shape index (κ1) is 15.1. The molecule has 0 saturated carbocycles. The summed E-state index contributed by atoms with van der Waals surface area (Å²) in [5, 5.41) is 5.49. The molecule has 1 aromatic carbocycles. The second-order valence-electron chi connectivity index (χ2n) is 4.13. The molecule has 0 aromatic heterocycles. The number of terminal acetylenes is 1. The van der Waals surface area contributed by atoms with Gasteiger partial charge < -0.3 is 10.6 Å². The minimum atomic E-state index is -0.602. The molecule has 1 aromatic rings. The molecule has 1 atom stereocenters. The molecule has 0 aliphatic heterocycles. The number of halogens is 2. The quantitative estimate of drug-likeness (QED) is 0.761. The van der Waals surface area contributed by atoms with Crippen LogP contribution in [0.2, 0.25) is 0 Å². The second kappa shape index (κ2) is 7.49. The van der Waals surface area contributed by atoms with Crippen LogP contribution in [0.5, 0.6) is 0 Å². The molecular weight excluding hydrogens is 250 g/mol. The van der Waals surface area contributed by atoms with Crippen molar-refractivity contribution in [3.8, 4) is 12.3 Å². The highest BCUT2D eigenvalue weighted by molar-refractivity contribution is 5.81. The maximum Gasteiger partial charge on any atom is 0.237 e. The van der Waals surface area contributed by atoms with E-state index < -0.39 is 17.7 Å². The van der Waals surface area contributed by atoms with Crippen LogP contribution in [-0.2, 0) is 11.2 Å². The highest BCUT2D eigenvalue weighted by atomic mass is 19.1. The van der Waals surface area contributed by atoms with Crippen LogP contribution < -0.4 is 10.6 Å². The highest BCUT2D eigenvalue weighted by Crippen LogP contribution is 2.08. The Morgan fingerprint density at radius 1 is 1.37 bits per heavy atom. The third kappa shape index (κ3) is 5.49. The third-order valence-corrected chi connectivity index (χ3v) is 2.54. The molecule has 1 unspecified atom stereocenters. The van der Waals surface area contributed by atoms with Gasteiger partial charge in [0.25, 0.3) is 0 Å². The van der Waals surface area contributed by atoms with Crippen molar-refractivity contribution in [2.45, 2.75) is 19.4 Å². The summed E-state index contributed by atoms with van der Waals surface area (Å²) in [6, 6.07) is 2.96. The van der Waals surface area contributed by atoms with Crippen molar-refractivity contribution in [3.05, 3.63) is 35.4 Å². The molecular formula is C14H16F2N2O. The molecule has 0 aliphatic rings. The molecule has 1 amide bonds. The molecule has 0 spiro atoms. The largest absolute Gasteiger partial charge is 0.344 e. The van der Waals surface area contributed by atoms with Crippen LogP contribution in [0.25, 0.3) is 0 Å². The first-order valence-corrected chi connectivity index (χ1v) is 5.92. The van der Waals surface area contributed by atoms with E-state index >= 15 is 0 Å². The maximum atomic E-state index is 12.9. The number of hydrogen-bond donors (Lipinski definition) is 2. The molecule has 2 N–H and O–H groups in total. The van der Waals surface area contributed by atoms with Gasteiger partial charge in [-0.15, -0.1) is 6.42 Å². The Morgan fingerprint density at radius 3 is 2.58 bits per heavy atom. The van der Waals surface area contributed by atoms with Gasteiger partial charge in [-0.1, -0.05) is 5.92 Å². The average molecular weight is 266 g/mol. The Balaban J connectivity index is 2.37. The summed E-state index contributed by atoms with van der Waals surface area (Å²) in [5.74, 6) is 0.896. The van der Waals surface area contributed by atoms with E-state index in [1.165, 1.54) is 12.1 Å². The van der Waals surface area contributed by atoms with Gasteiger partial charge in [-0.2, -0.15) is 0 Å². The molecule has 1 rings (SSSR count). The number of nitrogens with one attached hydrogen (secondary N) is 2. The summed E-state index contributed by atoms with van der Waals surface area (Å²) in [4.78, 5) is 11.5. The fourth-order valence-corrected chi connectivity index (χ4v) is 1.57. The normalized spacial score (nSPS) is 11.7. The lowest BCUT2D eigenvalue weighted by Gasteiger charge is -2.13. The topological polar surface area (TPSA) is 41.1 Å². The SMILES string of the molecule is C#CCNC(=O)C(C)NCCc1cc(F)cc(F)c1. The van der Waals surface area contributed by atoms with Gasteiger partial charge in [0.2, 0.25) is 5.91 Å². The minimum Gasteiger partial charge on any atom is -0.344 e. The Morgan fingerprint density at radius 2 is 2.00 bits per heavy atom. The predicted molar refractivity (Wildman–Crippen MR) is 69.4 cm³/mol. The number of hydrogen-bond acceptors (Lipinski definition) is 2. The Bertz CT molecular complexity index is 463. The molecule has 0 saturated heterocycles. The summed E-state index contributed by atoms with van der Waals surface area (Å²) in [6.07, 6.45) is 5.46. The van der Waals surface area contributed by atoms with E-state index in [0.717, 1.165) is 6.07 Å². The van der Waals surface area contributed by atoms with E-state index in [9.17, 15) is 13.6 Å². The molecule has 0 aliphatic carbocycles. The van der Waals surface area contributed by atoms with E-state index in [0.29, 0.717) is 18.5 Å². The first-order chi connectivity index (χ1) is 9.02. The number of carbonyl (C=O) groups is 1. The zero-order valence-electron chi connectivity index (χ0n) is 10.7. The number of benzene rings is 1. The number of rotatable bonds is 6. The summed E-state index contributed by atoms with van der Waals surface area (Å²) in [6.45, 7) is 2.31. The van der Waals surface area contributed by atoms with Crippen molar-refractivity contribution in [3.63, 3.8) is 0 Å². The maximum absolute atomic E-state index is 12.9. The van der Waals surface area contributed by atoms with E-state index in [4.69, 9.17) is 6.42 Å². The van der Waals surface area contributed by atoms with Crippen LogP contribution >= 0.6 is 0 Å². The Labute approximate surface area is 111 Å². The van der Waals surface area contributed by atoms with Gasteiger partial charge in [0.05, 0.1) is 12.6 Å². The highest BCUT2D eigenvalue weighted by Gasteiger charge is 2.10. The summed E-state index contributed by atoms with van der Waals surface area (Å²) >= 11 is 0. The van der Waals surface area contributed by atoms with Crippen molar-refractivity contribution in [2.24, 2.45) is 0 Å². The molecule has 0 radical (unpaired) electrons. The van der Waals surface area contributed by atoms with Crippen molar-refractivity contribution in [1.82, 2.24) is 10.6 Å². The predicted octanol–water partition coefficient (Wildman–Crippen LogP) is 1.23. The van der Waals surface area contributed by atoms with Crippen LogP contribution in [0.1, 0.15) is 12.5 Å². The molecule has 0 fully saturated rings. The van der Waals surface area contributed by atoms with Crippen molar-refractivity contribution >= 4 is 5.91 Å². The molecule has 0 bridgehead atoms. The van der Waals surface area contributed by atoms with Crippen LogP contribution in [-0.4, -0.2) is 25.0 Å². The molecule has 102 valence electrons. The smallest absolute Gasteiger partial charge is 0.237 e. The second-order valence-corrected chi connectivity index (χ2v) is 4.13. The summed E-state index contributed by atoms with van der Waals surface area (Å²) in [7, 11) is 0. The van der Waals surface area contributed by atoms with Crippen LogP contribution in [0, 0.1) is 24.0 Å². The average Bonchev–Trinajstić information content (AvgIpc) is 2.34. The van der Waals surface area contributed by atoms with Gasteiger partial charge in [-0.05, 0) is 37.6 Å².